The highest BCUT2D eigenvalue weighted by atomic mass is 15.0. The minimum absolute atomic E-state index is 0.361. The lowest BCUT2D eigenvalue weighted by Crippen LogP contribution is -2.33. The van der Waals surface area contributed by atoms with E-state index < -0.39 is 0 Å². The molecule has 0 radical (unpaired) electrons. The van der Waals surface area contributed by atoms with Crippen LogP contribution in [0.5, 0.6) is 0 Å². The third-order valence-corrected chi connectivity index (χ3v) is 4.70. The van der Waals surface area contributed by atoms with E-state index in [1.807, 2.05) is 12.4 Å². The lowest BCUT2D eigenvalue weighted by molar-refractivity contribution is 0.233. The van der Waals surface area contributed by atoms with Crippen LogP contribution >= 0.6 is 0 Å². The number of nitrogens with zero attached hydrogens (tertiary/aromatic N) is 2. The lowest BCUT2D eigenvalue weighted by atomic mass is 9.77. The monoisotopic (exact) mass is 249 g/mol. The van der Waals surface area contributed by atoms with Gasteiger partial charge in [0, 0.05) is 31.9 Å². The molecule has 0 saturated heterocycles. The number of rotatable bonds is 5. The molecule has 0 spiro atoms. The number of nitrogens with two attached hydrogens (primary N) is 1. The summed E-state index contributed by atoms with van der Waals surface area (Å²) < 4.78 is 2.10. The van der Waals surface area contributed by atoms with Crippen LogP contribution in [-0.2, 0) is 13.5 Å². The quantitative estimate of drug-likeness (QED) is 0.872. The highest BCUT2D eigenvalue weighted by molar-refractivity contribution is 4.92. The Morgan fingerprint density at radius 1 is 1.39 bits per heavy atom. The summed E-state index contributed by atoms with van der Waals surface area (Å²) in [5, 5.41) is 0. The number of imidazole rings is 1. The van der Waals surface area contributed by atoms with E-state index in [2.05, 4.69) is 23.5 Å². The molecule has 1 aromatic rings. The van der Waals surface area contributed by atoms with Gasteiger partial charge in [-0.2, -0.15) is 0 Å². The predicted molar refractivity (Wildman–Crippen MR) is 75.2 cm³/mol. The molecular formula is C15H27N3. The van der Waals surface area contributed by atoms with Gasteiger partial charge in [-0.05, 0) is 31.1 Å². The minimum atomic E-state index is 0.361. The van der Waals surface area contributed by atoms with Crippen LogP contribution < -0.4 is 5.73 Å². The van der Waals surface area contributed by atoms with Gasteiger partial charge in [-0.15, -0.1) is 0 Å². The molecule has 3 nitrogen and oxygen atoms in total. The summed E-state index contributed by atoms with van der Waals surface area (Å²) in [6, 6.07) is 0.361. The first-order valence-electron chi connectivity index (χ1n) is 7.42. The molecule has 2 N–H and O–H groups in total. The maximum Gasteiger partial charge on any atom is 0.108 e. The first-order valence-corrected chi connectivity index (χ1v) is 7.42. The van der Waals surface area contributed by atoms with Crippen LogP contribution in [0.1, 0.15) is 51.3 Å². The van der Waals surface area contributed by atoms with Crippen LogP contribution in [0.25, 0.3) is 0 Å². The SMILES string of the molecule is CCC1CCC(C(N)CCc2nccn2C)CC1. The fraction of sp³-hybridized carbons (Fsp3) is 0.800. The Kier molecular flexibility index (Phi) is 4.81. The van der Waals surface area contributed by atoms with Crippen LogP contribution in [0.2, 0.25) is 0 Å². The van der Waals surface area contributed by atoms with Crippen molar-refractivity contribution in [3.05, 3.63) is 18.2 Å². The molecule has 2 rings (SSSR count). The number of hydrogen-bond donors (Lipinski definition) is 1. The molecule has 0 aliphatic heterocycles. The molecule has 1 saturated carbocycles. The summed E-state index contributed by atoms with van der Waals surface area (Å²) in [5.74, 6) is 2.86. The maximum atomic E-state index is 6.36. The van der Waals surface area contributed by atoms with E-state index in [-0.39, 0.29) is 0 Å². The van der Waals surface area contributed by atoms with Crippen molar-refractivity contribution in [1.82, 2.24) is 9.55 Å². The normalized spacial score (nSPS) is 26.2. The Labute approximate surface area is 111 Å². The molecule has 1 heterocycles. The third kappa shape index (κ3) is 3.35. The summed E-state index contributed by atoms with van der Waals surface area (Å²) >= 11 is 0. The Morgan fingerprint density at radius 2 is 2.11 bits per heavy atom. The van der Waals surface area contributed by atoms with E-state index in [1.165, 1.54) is 32.1 Å². The average Bonchev–Trinajstić information content (AvgIpc) is 2.81. The van der Waals surface area contributed by atoms with Crippen LogP contribution in [0.15, 0.2) is 12.4 Å². The van der Waals surface area contributed by atoms with Gasteiger partial charge in [0.15, 0.2) is 0 Å². The Hall–Kier alpha value is -0.830. The van der Waals surface area contributed by atoms with Gasteiger partial charge < -0.3 is 10.3 Å². The highest BCUT2D eigenvalue weighted by Crippen LogP contribution is 2.32. The third-order valence-electron chi connectivity index (χ3n) is 4.70. The molecule has 1 fully saturated rings. The summed E-state index contributed by atoms with van der Waals surface area (Å²) in [5.41, 5.74) is 6.36. The zero-order valence-electron chi connectivity index (χ0n) is 11.8. The van der Waals surface area contributed by atoms with E-state index in [1.54, 1.807) is 0 Å². The number of aromatic nitrogens is 2. The van der Waals surface area contributed by atoms with Gasteiger partial charge in [-0.25, -0.2) is 4.98 Å². The van der Waals surface area contributed by atoms with E-state index in [0.717, 1.165) is 30.5 Å². The van der Waals surface area contributed by atoms with Crippen LogP contribution in [0.3, 0.4) is 0 Å². The van der Waals surface area contributed by atoms with Crippen molar-refractivity contribution in [2.24, 2.45) is 24.6 Å². The average molecular weight is 249 g/mol. The van der Waals surface area contributed by atoms with Crippen LogP contribution in [0.4, 0.5) is 0 Å². The predicted octanol–water partition coefficient (Wildman–Crippen LogP) is 2.90. The van der Waals surface area contributed by atoms with Gasteiger partial charge in [0.1, 0.15) is 5.82 Å². The van der Waals surface area contributed by atoms with Crippen molar-refractivity contribution in [2.45, 2.75) is 57.9 Å². The Morgan fingerprint density at radius 3 is 2.67 bits per heavy atom. The van der Waals surface area contributed by atoms with Gasteiger partial charge in [0.25, 0.3) is 0 Å². The van der Waals surface area contributed by atoms with Crippen LogP contribution in [0, 0.1) is 11.8 Å². The fourth-order valence-electron chi connectivity index (χ4n) is 3.19. The molecule has 0 bridgehead atoms. The number of aryl methyl sites for hydroxylation is 2. The van der Waals surface area contributed by atoms with E-state index in [4.69, 9.17) is 5.73 Å². The molecule has 18 heavy (non-hydrogen) atoms. The minimum Gasteiger partial charge on any atom is -0.338 e. The second-order valence-electron chi connectivity index (χ2n) is 5.85. The lowest BCUT2D eigenvalue weighted by Gasteiger charge is -2.31. The maximum absolute atomic E-state index is 6.36. The zero-order chi connectivity index (χ0) is 13.0. The van der Waals surface area contributed by atoms with Crippen molar-refractivity contribution in [3.63, 3.8) is 0 Å². The molecule has 0 amide bonds. The molecule has 1 unspecified atom stereocenters. The van der Waals surface area contributed by atoms with E-state index >= 15 is 0 Å². The van der Waals surface area contributed by atoms with Crippen molar-refractivity contribution in [1.29, 1.82) is 0 Å². The Balaban J connectivity index is 1.75. The standard InChI is InChI=1S/C15H27N3/c1-3-12-4-6-13(7-5-12)14(16)8-9-15-17-10-11-18(15)2/h10-14H,3-9,16H2,1-2H3. The summed E-state index contributed by atoms with van der Waals surface area (Å²) in [7, 11) is 2.06. The summed E-state index contributed by atoms with van der Waals surface area (Å²) in [6.07, 6.45) is 12.7. The largest absolute Gasteiger partial charge is 0.338 e. The topological polar surface area (TPSA) is 43.8 Å². The van der Waals surface area contributed by atoms with Gasteiger partial charge in [0.05, 0.1) is 0 Å². The first kappa shape index (κ1) is 13.6. The van der Waals surface area contributed by atoms with Crippen molar-refractivity contribution in [3.8, 4) is 0 Å². The molecule has 1 atom stereocenters. The van der Waals surface area contributed by atoms with Crippen molar-refractivity contribution in [2.75, 3.05) is 0 Å². The van der Waals surface area contributed by atoms with Gasteiger partial charge in [0.2, 0.25) is 0 Å². The molecule has 1 aromatic heterocycles. The molecule has 1 aliphatic rings. The van der Waals surface area contributed by atoms with Crippen LogP contribution in [-0.4, -0.2) is 15.6 Å². The molecule has 0 aromatic carbocycles. The zero-order valence-corrected chi connectivity index (χ0v) is 11.8. The smallest absolute Gasteiger partial charge is 0.108 e. The Bertz CT molecular complexity index is 350. The van der Waals surface area contributed by atoms with Crippen molar-refractivity contribution >= 4 is 0 Å². The number of hydrogen-bond acceptors (Lipinski definition) is 2. The van der Waals surface area contributed by atoms with E-state index in [9.17, 15) is 0 Å². The second-order valence-corrected chi connectivity index (χ2v) is 5.85. The van der Waals surface area contributed by atoms with Crippen molar-refractivity contribution < 1.29 is 0 Å². The van der Waals surface area contributed by atoms with Gasteiger partial charge in [-0.1, -0.05) is 26.2 Å². The molecule has 1 aliphatic carbocycles. The van der Waals surface area contributed by atoms with E-state index in [0.29, 0.717) is 6.04 Å². The summed E-state index contributed by atoms with van der Waals surface area (Å²) in [4.78, 5) is 4.37. The summed E-state index contributed by atoms with van der Waals surface area (Å²) in [6.45, 7) is 2.31. The highest BCUT2D eigenvalue weighted by Gasteiger charge is 2.24. The van der Waals surface area contributed by atoms with Gasteiger partial charge >= 0.3 is 0 Å². The second kappa shape index (κ2) is 6.37. The molecule has 3 heteroatoms. The first-order chi connectivity index (χ1) is 8.70. The molecular weight excluding hydrogens is 222 g/mol. The fourth-order valence-corrected chi connectivity index (χ4v) is 3.19. The van der Waals surface area contributed by atoms with Gasteiger partial charge in [-0.3, -0.25) is 0 Å². The molecule has 102 valence electrons.